The van der Waals surface area contributed by atoms with Crippen molar-refractivity contribution in [3.63, 3.8) is 0 Å². The van der Waals surface area contributed by atoms with Gasteiger partial charge in [0.2, 0.25) is 5.91 Å². The van der Waals surface area contributed by atoms with Crippen molar-refractivity contribution < 1.29 is 13.6 Å². The maximum absolute atomic E-state index is 12.5. The molecule has 0 bridgehead atoms. The summed E-state index contributed by atoms with van der Waals surface area (Å²) in [4.78, 5) is 12.8. The molecule has 1 rings (SSSR count). The molecular formula is C9H16F2N2O. The lowest BCUT2D eigenvalue weighted by molar-refractivity contribution is -0.136. The molecule has 0 saturated carbocycles. The molecule has 3 nitrogen and oxygen atoms in total. The molecule has 0 spiro atoms. The van der Waals surface area contributed by atoms with Gasteiger partial charge in [0.15, 0.2) is 0 Å². The maximum Gasteiger partial charge on any atom is 0.254 e. The normalized spacial score (nSPS) is 28.2. The second-order valence-electron chi connectivity index (χ2n) is 4.19. The van der Waals surface area contributed by atoms with Crippen molar-refractivity contribution in [2.45, 2.75) is 32.2 Å². The Balaban J connectivity index is 2.48. The molecule has 1 fully saturated rings. The zero-order valence-corrected chi connectivity index (χ0v) is 8.46. The van der Waals surface area contributed by atoms with Crippen LogP contribution in [-0.2, 0) is 4.79 Å². The van der Waals surface area contributed by atoms with Gasteiger partial charge in [-0.15, -0.1) is 0 Å². The summed E-state index contributed by atoms with van der Waals surface area (Å²) >= 11 is 0. The predicted octanol–water partition coefficient (Wildman–Crippen LogP) is 0.837. The van der Waals surface area contributed by atoms with Gasteiger partial charge in [0.05, 0.1) is 6.42 Å². The van der Waals surface area contributed by atoms with Gasteiger partial charge in [-0.3, -0.25) is 4.79 Å². The van der Waals surface area contributed by atoms with Gasteiger partial charge >= 0.3 is 0 Å². The van der Waals surface area contributed by atoms with E-state index in [0.717, 1.165) is 6.92 Å². The third kappa shape index (κ3) is 2.90. The number of rotatable bonds is 2. The number of nitrogens with two attached hydrogens (primary N) is 1. The molecule has 2 unspecified atom stereocenters. The van der Waals surface area contributed by atoms with E-state index in [1.54, 1.807) is 0 Å². The molecule has 82 valence electrons. The van der Waals surface area contributed by atoms with Crippen LogP contribution in [-0.4, -0.2) is 35.9 Å². The highest BCUT2D eigenvalue weighted by Gasteiger charge is 2.34. The standard InChI is InChI=1S/C9H16F2N2O/c1-6-4-13(5-7(6)12)8(14)3-9(2,10)11/h6-7H,3-5,12H2,1-2H3. The van der Waals surface area contributed by atoms with Crippen LogP contribution in [0.2, 0.25) is 0 Å². The molecule has 0 aliphatic carbocycles. The van der Waals surface area contributed by atoms with Crippen LogP contribution in [0.15, 0.2) is 0 Å². The molecule has 5 heteroatoms. The predicted molar refractivity (Wildman–Crippen MR) is 49.0 cm³/mol. The van der Waals surface area contributed by atoms with Gasteiger partial charge in [-0.1, -0.05) is 6.92 Å². The van der Waals surface area contributed by atoms with Crippen LogP contribution in [0.1, 0.15) is 20.3 Å². The molecular weight excluding hydrogens is 190 g/mol. The fourth-order valence-corrected chi connectivity index (χ4v) is 1.57. The summed E-state index contributed by atoms with van der Waals surface area (Å²) < 4.78 is 25.1. The van der Waals surface area contributed by atoms with Crippen molar-refractivity contribution in [2.75, 3.05) is 13.1 Å². The Morgan fingerprint density at radius 3 is 2.50 bits per heavy atom. The number of nitrogens with zero attached hydrogens (tertiary/aromatic N) is 1. The van der Waals surface area contributed by atoms with Gasteiger partial charge in [0.25, 0.3) is 5.92 Å². The van der Waals surface area contributed by atoms with Gasteiger partial charge in [-0.25, -0.2) is 8.78 Å². The first-order valence-corrected chi connectivity index (χ1v) is 4.71. The summed E-state index contributed by atoms with van der Waals surface area (Å²) in [6, 6.07) is -0.0792. The summed E-state index contributed by atoms with van der Waals surface area (Å²) in [5, 5.41) is 0. The smallest absolute Gasteiger partial charge is 0.254 e. The second kappa shape index (κ2) is 3.81. The van der Waals surface area contributed by atoms with Crippen LogP contribution in [0.4, 0.5) is 8.78 Å². The van der Waals surface area contributed by atoms with Crippen LogP contribution in [0.25, 0.3) is 0 Å². The third-order valence-corrected chi connectivity index (χ3v) is 2.48. The highest BCUT2D eigenvalue weighted by Crippen LogP contribution is 2.21. The lowest BCUT2D eigenvalue weighted by atomic mass is 10.1. The molecule has 1 amide bonds. The van der Waals surface area contributed by atoms with E-state index in [9.17, 15) is 13.6 Å². The number of alkyl halides is 2. The van der Waals surface area contributed by atoms with E-state index in [0.29, 0.717) is 13.1 Å². The van der Waals surface area contributed by atoms with Gasteiger partial charge in [-0.2, -0.15) is 0 Å². The molecule has 1 heterocycles. The van der Waals surface area contributed by atoms with Crippen LogP contribution in [0.5, 0.6) is 0 Å². The Morgan fingerprint density at radius 1 is 1.57 bits per heavy atom. The molecule has 14 heavy (non-hydrogen) atoms. The van der Waals surface area contributed by atoms with E-state index in [2.05, 4.69) is 0 Å². The molecule has 2 N–H and O–H groups in total. The molecule has 1 saturated heterocycles. The van der Waals surface area contributed by atoms with Crippen molar-refractivity contribution in [1.82, 2.24) is 4.90 Å². The molecule has 0 aromatic heterocycles. The largest absolute Gasteiger partial charge is 0.341 e. The number of carbonyl (C=O) groups is 1. The Bertz CT molecular complexity index is 217. The fourth-order valence-electron chi connectivity index (χ4n) is 1.57. The van der Waals surface area contributed by atoms with Crippen molar-refractivity contribution in [3.05, 3.63) is 0 Å². The zero-order valence-electron chi connectivity index (χ0n) is 8.46. The number of likely N-dealkylation sites (tertiary alicyclic amines) is 1. The van der Waals surface area contributed by atoms with E-state index in [1.807, 2.05) is 6.92 Å². The summed E-state index contributed by atoms with van der Waals surface area (Å²) in [7, 11) is 0. The van der Waals surface area contributed by atoms with Crippen molar-refractivity contribution in [3.8, 4) is 0 Å². The highest BCUT2D eigenvalue weighted by molar-refractivity contribution is 5.77. The fraction of sp³-hybridized carbons (Fsp3) is 0.889. The van der Waals surface area contributed by atoms with Crippen LogP contribution in [0.3, 0.4) is 0 Å². The first-order valence-electron chi connectivity index (χ1n) is 4.71. The van der Waals surface area contributed by atoms with Crippen LogP contribution < -0.4 is 5.73 Å². The molecule has 1 aliphatic heterocycles. The number of amides is 1. The van der Waals surface area contributed by atoms with E-state index < -0.39 is 18.3 Å². The third-order valence-electron chi connectivity index (χ3n) is 2.48. The topological polar surface area (TPSA) is 46.3 Å². The molecule has 2 atom stereocenters. The summed E-state index contributed by atoms with van der Waals surface area (Å²) in [6.45, 7) is 3.57. The molecule has 0 radical (unpaired) electrons. The lowest BCUT2D eigenvalue weighted by Crippen LogP contribution is -2.34. The van der Waals surface area contributed by atoms with Gasteiger partial charge in [0.1, 0.15) is 0 Å². The highest BCUT2D eigenvalue weighted by atomic mass is 19.3. The van der Waals surface area contributed by atoms with Gasteiger partial charge in [0, 0.05) is 19.1 Å². The monoisotopic (exact) mass is 206 g/mol. The quantitative estimate of drug-likeness (QED) is 0.727. The maximum atomic E-state index is 12.5. The van der Waals surface area contributed by atoms with E-state index in [-0.39, 0.29) is 12.0 Å². The second-order valence-corrected chi connectivity index (χ2v) is 4.19. The summed E-state index contributed by atoms with van der Waals surface area (Å²) in [6.07, 6.45) is -0.716. The number of hydrogen-bond acceptors (Lipinski definition) is 2. The van der Waals surface area contributed by atoms with Gasteiger partial charge < -0.3 is 10.6 Å². The Kier molecular flexibility index (Phi) is 3.09. The Labute approximate surface area is 82.2 Å². The van der Waals surface area contributed by atoms with Crippen molar-refractivity contribution in [2.24, 2.45) is 11.7 Å². The first kappa shape index (κ1) is 11.4. The average molecular weight is 206 g/mol. The van der Waals surface area contributed by atoms with Crippen molar-refractivity contribution >= 4 is 5.91 Å². The first-order chi connectivity index (χ1) is 6.29. The molecule has 0 aromatic carbocycles. The molecule has 1 aliphatic rings. The molecule has 0 aromatic rings. The number of hydrogen-bond donors (Lipinski definition) is 1. The number of carbonyl (C=O) groups excluding carboxylic acids is 1. The van der Waals surface area contributed by atoms with Crippen LogP contribution in [0, 0.1) is 5.92 Å². The van der Waals surface area contributed by atoms with Crippen molar-refractivity contribution in [1.29, 1.82) is 0 Å². The van der Waals surface area contributed by atoms with Gasteiger partial charge in [-0.05, 0) is 12.8 Å². The number of halogens is 2. The lowest BCUT2D eigenvalue weighted by Gasteiger charge is -2.18. The van der Waals surface area contributed by atoms with E-state index >= 15 is 0 Å². The van der Waals surface area contributed by atoms with Crippen LogP contribution >= 0.6 is 0 Å². The Morgan fingerprint density at radius 2 is 2.14 bits per heavy atom. The van der Waals surface area contributed by atoms with E-state index in [4.69, 9.17) is 5.73 Å². The summed E-state index contributed by atoms with van der Waals surface area (Å²) in [5.41, 5.74) is 5.69. The minimum atomic E-state index is -2.92. The minimum absolute atomic E-state index is 0.0792. The average Bonchev–Trinajstić information content (AvgIpc) is 2.28. The SMILES string of the molecule is CC1CN(C(=O)CC(C)(F)F)CC1N. The minimum Gasteiger partial charge on any atom is -0.341 e. The zero-order chi connectivity index (χ0) is 10.9. The Hall–Kier alpha value is -0.710. The summed E-state index contributed by atoms with van der Waals surface area (Å²) in [5.74, 6) is -3.23. The van der Waals surface area contributed by atoms with E-state index in [1.165, 1.54) is 4.90 Å².